The van der Waals surface area contributed by atoms with Crippen molar-refractivity contribution in [2.75, 3.05) is 7.11 Å². The van der Waals surface area contributed by atoms with Gasteiger partial charge in [0, 0.05) is 24.3 Å². The monoisotopic (exact) mass is 535 g/mol. The molecule has 38 heavy (non-hydrogen) atoms. The van der Waals surface area contributed by atoms with Gasteiger partial charge in [-0.1, -0.05) is 6.92 Å². The number of rotatable bonds is 11. The fourth-order valence-electron chi connectivity index (χ4n) is 3.10. The molecule has 0 unspecified atom stereocenters. The van der Waals surface area contributed by atoms with Crippen LogP contribution in [0.1, 0.15) is 34.1 Å². The van der Waals surface area contributed by atoms with Gasteiger partial charge in [-0.2, -0.15) is 0 Å². The topological polar surface area (TPSA) is 254 Å². The van der Waals surface area contributed by atoms with Crippen molar-refractivity contribution in [2.45, 2.75) is 25.5 Å². The first kappa shape index (κ1) is 28.7. The predicted molar refractivity (Wildman–Crippen MR) is 122 cm³/mol. The van der Waals surface area contributed by atoms with E-state index in [1.165, 1.54) is 6.92 Å². The van der Waals surface area contributed by atoms with Crippen molar-refractivity contribution in [3.63, 3.8) is 0 Å². The van der Waals surface area contributed by atoms with Crippen molar-refractivity contribution in [3.8, 4) is 0 Å². The average molecular weight is 535 g/mol. The van der Waals surface area contributed by atoms with E-state index < -0.39 is 83.6 Å². The molecule has 0 aliphatic rings. The number of nitrogens with zero attached hydrogens (tertiary/aromatic N) is 4. The molecule has 0 bridgehead atoms. The number of esters is 2. The minimum absolute atomic E-state index is 0.120. The van der Waals surface area contributed by atoms with Gasteiger partial charge in [0.1, 0.15) is 0 Å². The highest BCUT2D eigenvalue weighted by Crippen LogP contribution is 2.25. The third-order valence-corrected chi connectivity index (χ3v) is 4.94. The second-order valence-corrected chi connectivity index (χ2v) is 7.34. The van der Waals surface area contributed by atoms with Crippen LogP contribution in [0.4, 0.5) is 22.7 Å². The standard InChI is InChI=1S/C20H17N5O13/c1-3-16(21-18(26)10-4-12(22(29)30)8-13(5-10)23(31)32)17(20(28)37-2)38-19(27)11-6-14(24(33)34)9-15(7-11)25(35)36/h4-9,16-17H,3H2,1-2H3,(H,21,26)/t16-,17-/m0/s1. The Hall–Kier alpha value is -5.55. The van der Waals surface area contributed by atoms with Gasteiger partial charge in [-0.15, -0.1) is 0 Å². The molecule has 0 saturated carbocycles. The SMILES string of the molecule is CC[C@H](NC(=O)c1cc([N+](=O)[O-])cc([N+](=O)[O-])c1)[C@H](OC(=O)c1cc([N+](=O)[O-])cc([N+](=O)[O-])c1)C(=O)OC. The van der Waals surface area contributed by atoms with Crippen LogP contribution in [0.2, 0.25) is 0 Å². The Morgan fingerprint density at radius 2 is 1.16 bits per heavy atom. The Balaban J connectivity index is 2.41. The Morgan fingerprint density at radius 3 is 1.50 bits per heavy atom. The minimum Gasteiger partial charge on any atom is -0.466 e. The predicted octanol–water partition coefficient (Wildman–Crippen LogP) is 2.23. The number of nitrogens with one attached hydrogen (secondary N) is 1. The van der Waals surface area contributed by atoms with E-state index in [0.29, 0.717) is 24.3 Å². The second-order valence-electron chi connectivity index (χ2n) is 7.34. The quantitative estimate of drug-likeness (QED) is 0.246. The zero-order valence-electron chi connectivity index (χ0n) is 19.4. The number of hydrogen-bond acceptors (Lipinski definition) is 13. The Labute approximate surface area is 210 Å². The number of benzene rings is 2. The number of ether oxygens (including phenoxy) is 2. The number of non-ortho nitro benzene ring substituents is 4. The summed E-state index contributed by atoms with van der Waals surface area (Å²) in [5.74, 6) is -3.72. The molecule has 0 aromatic heterocycles. The smallest absolute Gasteiger partial charge is 0.349 e. The summed E-state index contributed by atoms with van der Waals surface area (Å²) < 4.78 is 9.66. The number of nitro groups is 4. The summed E-state index contributed by atoms with van der Waals surface area (Å²) in [5, 5.41) is 46.7. The van der Waals surface area contributed by atoms with E-state index in [-0.39, 0.29) is 6.42 Å². The lowest BCUT2D eigenvalue weighted by molar-refractivity contribution is -0.394. The summed E-state index contributed by atoms with van der Waals surface area (Å²) in [7, 11) is 0.916. The maximum Gasteiger partial charge on any atom is 0.349 e. The third kappa shape index (κ3) is 6.77. The molecule has 0 fully saturated rings. The van der Waals surface area contributed by atoms with Crippen LogP contribution < -0.4 is 5.32 Å². The van der Waals surface area contributed by atoms with Gasteiger partial charge in [0.2, 0.25) is 6.10 Å². The van der Waals surface area contributed by atoms with Crippen LogP contribution >= 0.6 is 0 Å². The molecule has 2 aromatic carbocycles. The highest BCUT2D eigenvalue weighted by molar-refractivity contribution is 5.97. The van der Waals surface area contributed by atoms with Gasteiger partial charge in [-0.05, 0) is 6.42 Å². The summed E-state index contributed by atoms with van der Waals surface area (Å²) in [6, 6.07) is 2.70. The van der Waals surface area contributed by atoms with Gasteiger partial charge in [-0.3, -0.25) is 45.3 Å². The number of amides is 1. The lowest BCUT2D eigenvalue weighted by Gasteiger charge is -2.25. The number of methoxy groups -OCH3 is 1. The molecule has 0 aliphatic heterocycles. The normalized spacial score (nSPS) is 11.9. The van der Waals surface area contributed by atoms with E-state index in [2.05, 4.69) is 10.1 Å². The van der Waals surface area contributed by atoms with Crippen LogP contribution in [0, 0.1) is 40.5 Å². The van der Waals surface area contributed by atoms with Gasteiger partial charge in [0.15, 0.2) is 0 Å². The first-order valence-electron chi connectivity index (χ1n) is 10.3. The van der Waals surface area contributed by atoms with Crippen LogP contribution in [-0.4, -0.2) is 56.8 Å². The third-order valence-electron chi connectivity index (χ3n) is 4.94. The van der Waals surface area contributed by atoms with Gasteiger partial charge < -0.3 is 14.8 Å². The van der Waals surface area contributed by atoms with E-state index in [1.54, 1.807) is 0 Å². The summed E-state index contributed by atoms with van der Waals surface area (Å²) >= 11 is 0. The van der Waals surface area contributed by atoms with Crippen molar-refractivity contribution >= 4 is 40.6 Å². The van der Waals surface area contributed by atoms with E-state index in [0.717, 1.165) is 19.2 Å². The molecule has 0 aliphatic carbocycles. The molecule has 1 N–H and O–H groups in total. The number of carbonyl (C=O) groups is 3. The lowest BCUT2D eigenvalue weighted by atomic mass is 10.1. The van der Waals surface area contributed by atoms with Crippen molar-refractivity contribution in [1.29, 1.82) is 0 Å². The molecule has 2 aromatic rings. The van der Waals surface area contributed by atoms with Crippen molar-refractivity contribution in [3.05, 3.63) is 88.0 Å². The Bertz CT molecular complexity index is 1280. The summed E-state index contributed by atoms with van der Waals surface area (Å²) in [6.07, 6.45) is -2.02. The zero-order chi connectivity index (χ0) is 28.7. The van der Waals surface area contributed by atoms with Crippen molar-refractivity contribution in [2.24, 2.45) is 0 Å². The Morgan fingerprint density at radius 1 is 0.763 bits per heavy atom. The van der Waals surface area contributed by atoms with Gasteiger partial charge in [-0.25, -0.2) is 9.59 Å². The van der Waals surface area contributed by atoms with Crippen molar-refractivity contribution < 1.29 is 43.6 Å². The molecule has 18 heteroatoms. The molecule has 0 saturated heterocycles. The molecule has 1 amide bonds. The summed E-state index contributed by atoms with van der Waals surface area (Å²) in [5.41, 5.74) is -4.33. The Kier molecular flexibility index (Phi) is 9.00. The molecule has 18 nitrogen and oxygen atoms in total. The molecule has 0 radical (unpaired) electrons. The highest BCUT2D eigenvalue weighted by atomic mass is 16.6. The van der Waals surface area contributed by atoms with Crippen LogP contribution in [0.25, 0.3) is 0 Å². The van der Waals surface area contributed by atoms with Crippen LogP contribution in [0.3, 0.4) is 0 Å². The number of hydrogen-bond donors (Lipinski definition) is 1. The maximum atomic E-state index is 12.8. The first-order valence-corrected chi connectivity index (χ1v) is 10.3. The molecular weight excluding hydrogens is 518 g/mol. The minimum atomic E-state index is -1.89. The van der Waals surface area contributed by atoms with Gasteiger partial charge in [0.05, 0.1) is 56.1 Å². The fourth-order valence-corrected chi connectivity index (χ4v) is 3.10. The van der Waals surface area contributed by atoms with E-state index in [9.17, 15) is 54.8 Å². The largest absolute Gasteiger partial charge is 0.466 e. The molecule has 0 heterocycles. The van der Waals surface area contributed by atoms with E-state index in [1.807, 2.05) is 0 Å². The van der Waals surface area contributed by atoms with Crippen LogP contribution in [-0.2, 0) is 14.3 Å². The summed E-state index contributed by atoms with van der Waals surface area (Å²) in [6.45, 7) is 1.43. The lowest BCUT2D eigenvalue weighted by Crippen LogP contribution is -2.49. The maximum absolute atomic E-state index is 12.8. The number of carbonyl (C=O) groups excluding carboxylic acids is 3. The molecule has 200 valence electrons. The van der Waals surface area contributed by atoms with Crippen LogP contribution in [0.15, 0.2) is 36.4 Å². The zero-order valence-corrected chi connectivity index (χ0v) is 19.4. The summed E-state index contributed by atoms with van der Waals surface area (Å²) in [4.78, 5) is 78.4. The van der Waals surface area contributed by atoms with Crippen LogP contribution in [0.5, 0.6) is 0 Å². The van der Waals surface area contributed by atoms with Gasteiger partial charge in [0.25, 0.3) is 28.7 Å². The molecule has 0 spiro atoms. The molecule has 2 atom stereocenters. The average Bonchev–Trinajstić information content (AvgIpc) is 2.88. The molecule has 2 rings (SSSR count). The van der Waals surface area contributed by atoms with Crippen molar-refractivity contribution in [1.82, 2.24) is 5.32 Å². The highest BCUT2D eigenvalue weighted by Gasteiger charge is 2.35. The number of nitro benzene ring substituents is 4. The van der Waals surface area contributed by atoms with E-state index >= 15 is 0 Å². The van der Waals surface area contributed by atoms with E-state index in [4.69, 9.17) is 4.74 Å². The first-order chi connectivity index (χ1) is 17.8. The second kappa shape index (κ2) is 11.9. The van der Waals surface area contributed by atoms with Gasteiger partial charge >= 0.3 is 11.9 Å². The molecular formula is C20H17N5O13. The fraction of sp³-hybridized carbons (Fsp3) is 0.250.